The largest absolute Gasteiger partial charge is 0.305 e. The Morgan fingerprint density at radius 3 is 2.76 bits per heavy atom. The monoisotopic (exact) mass is 334 g/mol. The summed E-state index contributed by atoms with van der Waals surface area (Å²) in [5.74, 6) is -0.524. The normalized spacial score (nSPS) is 20.9. The van der Waals surface area contributed by atoms with Crippen molar-refractivity contribution in [3.63, 3.8) is 0 Å². The molecule has 0 radical (unpaired) electrons. The predicted molar refractivity (Wildman–Crippen MR) is 81.4 cm³/mol. The highest BCUT2D eigenvalue weighted by Crippen LogP contribution is 2.24. The molecule has 21 heavy (non-hydrogen) atoms. The van der Waals surface area contributed by atoms with E-state index >= 15 is 0 Å². The lowest BCUT2D eigenvalue weighted by molar-refractivity contribution is 0.190. The van der Waals surface area contributed by atoms with Crippen molar-refractivity contribution in [3.05, 3.63) is 29.6 Å². The highest BCUT2D eigenvalue weighted by Gasteiger charge is 2.31. The number of nitrogens with zero attached hydrogens (tertiary/aromatic N) is 2. The summed E-state index contributed by atoms with van der Waals surface area (Å²) in [4.78, 5) is 2.15. The van der Waals surface area contributed by atoms with Crippen molar-refractivity contribution < 1.29 is 12.8 Å². The molecule has 1 aromatic rings. The Morgan fingerprint density at radius 1 is 1.43 bits per heavy atom. The van der Waals surface area contributed by atoms with Crippen LogP contribution in [0.3, 0.4) is 0 Å². The number of benzene rings is 1. The summed E-state index contributed by atoms with van der Waals surface area (Å²) in [5, 5.41) is 0. The van der Waals surface area contributed by atoms with Crippen molar-refractivity contribution in [2.45, 2.75) is 29.7 Å². The Bertz CT molecular complexity index is 607. The lowest BCUT2D eigenvalue weighted by atomic mass is 10.1. The molecule has 1 saturated heterocycles. The molecule has 0 spiro atoms. The molecule has 1 atom stereocenters. The molecule has 0 saturated carbocycles. The minimum atomic E-state index is -3.60. The second-order valence-electron chi connectivity index (χ2n) is 5.51. The van der Waals surface area contributed by atoms with Gasteiger partial charge in [-0.2, -0.15) is 4.31 Å². The van der Waals surface area contributed by atoms with Crippen LogP contribution in [0.1, 0.15) is 18.4 Å². The minimum absolute atomic E-state index is 0.0461. The van der Waals surface area contributed by atoms with E-state index in [1.54, 1.807) is 0 Å². The number of rotatable bonds is 4. The van der Waals surface area contributed by atoms with Gasteiger partial charge in [0.25, 0.3) is 0 Å². The van der Waals surface area contributed by atoms with Crippen molar-refractivity contribution in [2.24, 2.45) is 0 Å². The van der Waals surface area contributed by atoms with Crippen LogP contribution in [-0.4, -0.2) is 50.8 Å². The van der Waals surface area contributed by atoms with Gasteiger partial charge in [-0.05, 0) is 45.1 Å². The molecule has 0 amide bonds. The van der Waals surface area contributed by atoms with E-state index in [4.69, 9.17) is 11.6 Å². The summed E-state index contributed by atoms with van der Waals surface area (Å²) in [7, 11) is 0.301. The lowest BCUT2D eigenvalue weighted by Crippen LogP contribution is -2.47. The van der Waals surface area contributed by atoms with Gasteiger partial charge < -0.3 is 4.90 Å². The molecule has 118 valence electrons. The Balaban J connectivity index is 2.29. The van der Waals surface area contributed by atoms with Crippen LogP contribution in [-0.2, 0) is 15.9 Å². The van der Waals surface area contributed by atoms with E-state index in [1.165, 1.54) is 16.4 Å². The number of piperidine rings is 1. The Hall–Kier alpha value is -0.690. The molecule has 0 N–H and O–H groups in total. The Morgan fingerprint density at radius 2 is 2.14 bits per heavy atom. The van der Waals surface area contributed by atoms with Gasteiger partial charge in [-0.1, -0.05) is 0 Å². The first-order valence-corrected chi connectivity index (χ1v) is 8.84. The maximum absolute atomic E-state index is 13.5. The Kier molecular flexibility index (Phi) is 5.24. The van der Waals surface area contributed by atoms with Crippen LogP contribution in [0.5, 0.6) is 0 Å². The van der Waals surface area contributed by atoms with Gasteiger partial charge in [-0.25, -0.2) is 12.8 Å². The van der Waals surface area contributed by atoms with Gasteiger partial charge in [0.05, 0.1) is 10.8 Å². The minimum Gasteiger partial charge on any atom is -0.305 e. The standard InChI is InChI=1S/C14H20ClFN2O2S/c1-17(2)12-4-3-7-18(10-12)21(19,20)13-5-6-14(16)11(8-13)9-15/h5-6,8,12H,3-4,7,9-10H2,1-2H3. The second-order valence-corrected chi connectivity index (χ2v) is 7.71. The summed E-state index contributed by atoms with van der Waals surface area (Å²) >= 11 is 5.65. The first-order chi connectivity index (χ1) is 9.86. The molecule has 1 aliphatic heterocycles. The van der Waals surface area contributed by atoms with Crippen LogP contribution in [0.2, 0.25) is 0 Å². The quantitative estimate of drug-likeness (QED) is 0.793. The zero-order valence-corrected chi connectivity index (χ0v) is 13.8. The third-order valence-corrected chi connectivity index (χ3v) is 6.04. The average Bonchev–Trinajstić information content (AvgIpc) is 2.47. The van der Waals surface area contributed by atoms with Gasteiger partial charge in [0, 0.05) is 24.7 Å². The van der Waals surface area contributed by atoms with Crippen molar-refractivity contribution in [1.29, 1.82) is 0 Å². The van der Waals surface area contributed by atoms with Gasteiger partial charge in [0.2, 0.25) is 10.0 Å². The molecule has 7 heteroatoms. The molecule has 1 aliphatic rings. The van der Waals surface area contributed by atoms with Crippen LogP contribution in [0.4, 0.5) is 4.39 Å². The predicted octanol–water partition coefficient (Wildman–Crippen LogP) is 2.28. The zero-order valence-electron chi connectivity index (χ0n) is 12.2. The summed E-state index contributed by atoms with van der Waals surface area (Å²) in [5.41, 5.74) is 0.207. The topological polar surface area (TPSA) is 40.6 Å². The SMILES string of the molecule is CN(C)C1CCCN(S(=O)(=O)c2ccc(F)c(CCl)c2)C1. The zero-order chi connectivity index (χ0) is 15.6. The molecule has 4 nitrogen and oxygen atoms in total. The van der Waals surface area contributed by atoms with Crippen molar-refractivity contribution in [1.82, 2.24) is 9.21 Å². The van der Waals surface area contributed by atoms with Gasteiger partial charge in [-0.15, -0.1) is 11.6 Å². The van der Waals surface area contributed by atoms with Crippen LogP contribution >= 0.6 is 11.6 Å². The molecule has 1 heterocycles. The highest BCUT2D eigenvalue weighted by atomic mass is 35.5. The van der Waals surface area contributed by atoms with E-state index in [2.05, 4.69) is 0 Å². The second kappa shape index (κ2) is 6.60. The molecule has 2 rings (SSSR count). The van der Waals surface area contributed by atoms with Gasteiger partial charge in [-0.3, -0.25) is 0 Å². The summed E-state index contributed by atoms with van der Waals surface area (Å²) in [6, 6.07) is 4.01. The van der Waals surface area contributed by atoms with E-state index in [-0.39, 0.29) is 22.4 Å². The number of alkyl halides is 1. The van der Waals surface area contributed by atoms with E-state index in [0.717, 1.165) is 18.9 Å². The van der Waals surface area contributed by atoms with Crippen LogP contribution in [0.25, 0.3) is 0 Å². The lowest BCUT2D eigenvalue weighted by Gasteiger charge is -2.35. The molecular formula is C14H20ClFN2O2S. The number of hydrogen-bond donors (Lipinski definition) is 0. The molecule has 0 aromatic heterocycles. The van der Waals surface area contributed by atoms with Crippen LogP contribution < -0.4 is 0 Å². The molecular weight excluding hydrogens is 315 g/mol. The average molecular weight is 335 g/mol. The molecule has 0 bridgehead atoms. The number of sulfonamides is 1. The van der Waals surface area contributed by atoms with E-state index in [0.29, 0.717) is 13.1 Å². The van der Waals surface area contributed by atoms with Gasteiger partial charge in [0.1, 0.15) is 5.82 Å². The first-order valence-electron chi connectivity index (χ1n) is 6.87. The molecule has 1 aromatic carbocycles. The fourth-order valence-electron chi connectivity index (χ4n) is 2.52. The fourth-order valence-corrected chi connectivity index (χ4v) is 4.30. The fraction of sp³-hybridized carbons (Fsp3) is 0.571. The van der Waals surface area contributed by atoms with Crippen LogP contribution in [0.15, 0.2) is 23.1 Å². The smallest absolute Gasteiger partial charge is 0.243 e. The first kappa shape index (κ1) is 16.7. The molecule has 1 unspecified atom stereocenters. The van der Waals surface area contributed by atoms with Crippen LogP contribution in [0, 0.1) is 5.82 Å². The number of hydrogen-bond acceptors (Lipinski definition) is 3. The summed E-state index contributed by atoms with van der Waals surface area (Å²) in [6.45, 7) is 0.961. The van der Waals surface area contributed by atoms with Crippen molar-refractivity contribution >= 4 is 21.6 Å². The van der Waals surface area contributed by atoms with E-state index < -0.39 is 15.8 Å². The number of likely N-dealkylation sites (N-methyl/N-ethyl adjacent to an activating group) is 1. The van der Waals surface area contributed by atoms with Crippen molar-refractivity contribution in [2.75, 3.05) is 27.2 Å². The highest BCUT2D eigenvalue weighted by molar-refractivity contribution is 7.89. The maximum atomic E-state index is 13.5. The Labute approximate surface area is 130 Å². The summed E-state index contributed by atoms with van der Waals surface area (Å²) in [6.07, 6.45) is 1.81. The molecule has 0 aliphatic carbocycles. The van der Waals surface area contributed by atoms with Gasteiger partial charge >= 0.3 is 0 Å². The van der Waals surface area contributed by atoms with Gasteiger partial charge in [0.15, 0.2) is 0 Å². The number of halogens is 2. The maximum Gasteiger partial charge on any atom is 0.243 e. The summed E-state index contributed by atoms with van der Waals surface area (Å²) < 4.78 is 40.3. The van der Waals surface area contributed by atoms with E-state index in [1.807, 2.05) is 19.0 Å². The third-order valence-electron chi connectivity index (χ3n) is 3.89. The molecule has 1 fully saturated rings. The third kappa shape index (κ3) is 3.56. The van der Waals surface area contributed by atoms with Crippen molar-refractivity contribution in [3.8, 4) is 0 Å². The van der Waals surface area contributed by atoms with E-state index in [9.17, 15) is 12.8 Å².